The summed E-state index contributed by atoms with van der Waals surface area (Å²) >= 11 is 0. The minimum atomic E-state index is -0.678. The second kappa shape index (κ2) is 5.77. The van der Waals surface area contributed by atoms with Crippen molar-refractivity contribution >= 4 is 23.0 Å². The summed E-state index contributed by atoms with van der Waals surface area (Å²) in [4.78, 5) is 13.7. The third-order valence-corrected chi connectivity index (χ3v) is 4.29. The summed E-state index contributed by atoms with van der Waals surface area (Å²) in [6.45, 7) is 1.23. The Balaban J connectivity index is 2.23. The minimum Gasteiger partial charge on any atom is -0.396 e. The topological polar surface area (TPSA) is 96.4 Å². The Hall–Kier alpha value is -2.02. The predicted octanol–water partition coefficient (Wildman–Crippen LogP) is 0.493. The van der Waals surface area contributed by atoms with Crippen LogP contribution in [-0.4, -0.2) is 38.6 Å². The van der Waals surface area contributed by atoms with Crippen LogP contribution in [0.5, 0.6) is 0 Å². The van der Waals surface area contributed by atoms with Gasteiger partial charge >= 0.3 is 0 Å². The third-order valence-electron chi connectivity index (χ3n) is 4.29. The van der Waals surface area contributed by atoms with E-state index in [1.54, 1.807) is 20.2 Å². The highest BCUT2D eigenvalue weighted by molar-refractivity contribution is 5.85. The first-order valence-corrected chi connectivity index (χ1v) is 6.94. The molecule has 0 radical (unpaired) electrons. The fourth-order valence-corrected chi connectivity index (χ4v) is 2.79. The lowest BCUT2D eigenvalue weighted by molar-refractivity contribution is -0.125. The number of anilines is 3. The number of benzene rings is 1. The Labute approximate surface area is 123 Å². The van der Waals surface area contributed by atoms with Crippen LogP contribution in [0.25, 0.3) is 0 Å². The van der Waals surface area contributed by atoms with E-state index in [1.807, 2.05) is 4.90 Å². The van der Waals surface area contributed by atoms with Gasteiger partial charge in [0.1, 0.15) is 11.4 Å². The molecule has 1 aliphatic rings. The number of amides is 1. The van der Waals surface area contributed by atoms with E-state index in [-0.39, 0.29) is 11.6 Å². The molecule has 1 fully saturated rings. The molecule has 0 aliphatic carbocycles. The van der Waals surface area contributed by atoms with E-state index in [2.05, 4.69) is 10.6 Å². The molecule has 1 aliphatic heterocycles. The second-order valence-electron chi connectivity index (χ2n) is 5.32. The first-order valence-electron chi connectivity index (χ1n) is 6.94. The van der Waals surface area contributed by atoms with Gasteiger partial charge in [-0.25, -0.2) is 4.39 Å². The van der Waals surface area contributed by atoms with Crippen molar-refractivity contribution in [3.05, 3.63) is 17.9 Å². The van der Waals surface area contributed by atoms with Crippen LogP contribution >= 0.6 is 0 Å². The van der Waals surface area contributed by atoms with E-state index in [1.165, 1.54) is 6.07 Å². The number of hydrogen-bond donors (Lipinski definition) is 4. The largest absolute Gasteiger partial charge is 0.396 e. The number of nitrogens with two attached hydrogens (primary N) is 2. The molecule has 7 heteroatoms. The number of carbonyl (C=O) groups is 1. The highest BCUT2D eigenvalue weighted by Gasteiger charge is 2.38. The van der Waals surface area contributed by atoms with Crippen molar-refractivity contribution in [1.82, 2.24) is 5.32 Å². The lowest BCUT2D eigenvalue weighted by Crippen LogP contribution is -2.59. The zero-order chi connectivity index (χ0) is 15.6. The Morgan fingerprint density at radius 2 is 1.95 bits per heavy atom. The Bertz CT molecular complexity index is 540. The Morgan fingerprint density at radius 3 is 2.43 bits per heavy atom. The monoisotopic (exact) mass is 295 g/mol. The number of nitrogens with zero attached hydrogens (tertiary/aromatic N) is 1. The number of nitrogen functional groups attached to an aromatic ring is 1. The summed E-state index contributed by atoms with van der Waals surface area (Å²) in [7, 11) is 3.50. The molecule has 0 saturated carbocycles. The SMILES string of the molecule is CNc1cc(N)c(F)cc1N1CCC(NC)(C(N)=O)CC1. The van der Waals surface area contributed by atoms with Crippen molar-refractivity contribution in [3.63, 3.8) is 0 Å². The highest BCUT2D eigenvalue weighted by Crippen LogP contribution is 2.33. The maximum atomic E-state index is 13.7. The molecule has 1 amide bonds. The zero-order valence-electron chi connectivity index (χ0n) is 12.4. The molecule has 0 bridgehead atoms. The van der Waals surface area contributed by atoms with E-state index in [0.29, 0.717) is 25.9 Å². The Morgan fingerprint density at radius 1 is 1.33 bits per heavy atom. The number of halogens is 1. The summed E-state index contributed by atoms with van der Waals surface area (Å²) < 4.78 is 13.7. The molecule has 21 heavy (non-hydrogen) atoms. The van der Waals surface area contributed by atoms with Gasteiger partial charge in [0, 0.05) is 26.2 Å². The first kappa shape index (κ1) is 15.4. The van der Waals surface area contributed by atoms with Gasteiger partial charge in [-0.1, -0.05) is 0 Å². The average Bonchev–Trinajstić information content (AvgIpc) is 2.49. The van der Waals surface area contributed by atoms with Crippen LogP contribution in [0.3, 0.4) is 0 Å². The van der Waals surface area contributed by atoms with E-state index in [9.17, 15) is 9.18 Å². The van der Waals surface area contributed by atoms with Crippen molar-refractivity contribution in [3.8, 4) is 0 Å². The summed E-state index contributed by atoms with van der Waals surface area (Å²) in [6, 6.07) is 3.01. The van der Waals surface area contributed by atoms with Crippen molar-refractivity contribution in [2.24, 2.45) is 5.73 Å². The summed E-state index contributed by atoms with van der Waals surface area (Å²) in [5.74, 6) is -0.786. The number of nitrogens with one attached hydrogen (secondary N) is 2. The zero-order valence-corrected chi connectivity index (χ0v) is 12.4. The second-order valence-corrected chi connectivity index (χ2v) is 5.32. The molecular formula is C14H22FN5O. The number of piperidine rings is 1. The highest BCUT2D eigenvalue weighted by atomic mass is 19.1. The lowest BCUT2D eigenvalue weighted by Gasteiger charge is -2.41. The average molecular weight is 295 g/mol. The van der Waals surface area contributed by atoms with Crippen molar-refractivity contribution < 1.29 is 9.18 Å². The molecule has 1 heterocycles. The molecular weight excluding hydrogens is 273 g/mol. The molecule has 2 rings (SSSR count). The molecule has 0 unspecified atom stereocenters. The van der Waals surface area contributed by atoms with E-state index >= 15 is 0 Å². The number of hydrogen-bond acceptors (Lipinski definition) is 5. The van der Waals surface area contributed by atoms with E-state index in [0.717, 1.165) is 11.4 Å². The van der Waals surface area contributed by atoms with E-state index in [4.69, 9.17) is 11.5 Å². The molecule has 1 aromatic carbocycles. The number of primary amides is 1. The van der Waals surface area contributed by atoms with Gasteiger partial charge < -0.3 is 27.0 Å². The number of rotatable bonds is 4. The van der Waals surface area contributed by atoms with Gasteiger partial charge in [-0.2, -0.15) is 0 Å². The predicted molar refractivity (Wildman–Crippen MR) is 82.8 cm³/mol. The molecule has 0 spiro atoms. The number of carbonyl (C=O) groups excluding carboxylic acids is 1. The fourth-order valence-electron chi connectivity index (χ4n) is 2.79. The molecule has 1 saturated heterocycles. The van der Waals surface area contributed by atoms with Crippen LogP contribution in [0.2, 0.25) is 0 Å². The summed E-state index contributed by atoms with van der Waals surface area (Å²) in [6.07, 6.45) is 1.15. The van der Waals surface area contributed by atoms with Crippen molar-refractivity contribution in [2.45, 2.75) is 18.4 Å². The van der Waals surface area contributed by atoms with Crippen LogP contribution in [-0.2, 0) is 4.79 Å². The smallest absolute Gasteiger partial charge is 0.237 e. The standard InChI is InChI=1S/C14H22FN5O/c1-18-11-8-10(16)9(15)7-12(11)20-5-3-14(19-2,4-6-20)13(17)21/h7-8,18-19H,3-6,16H2,1-2H3,(H2,17,21). The Kier molecular flexibility index (Phi) is 4.22. The van der Waals surface area contributed by atoms with Gasteiger partial charge in [0.2, 0.25) is 5.91 Å². The fraction of sp³-hybridized carbons (Fsp3) is 0.500. The summed E-state index contributed by atoms with van der Waals surface area (Å²) in [5.41, 5.74) is 12.0. The van der Waals surface area contributed by atoms with Crippen LogP contribution in [0.4, 0.5) is 21.5 Å². The molecule has 116 valence electrons. The third kappa shape index (κ3) is 2.73. The van der Waals surface area contributed by atoms with Gasteiger partial charge in [0.05, 0.1) is 17.1 Å². The minimum absolute atomic E-state index is 0.113. The molecule has 6 nitrogen and oxygen atoms in total. The van der Waals surface area contributed by atoms with Gasteiger partial charge in [-0.15, -0.1) is 0 Å². The van der Waals surface area contributed by atoms with Crippen LogP contribution < -0.4 is 27.0 Å². The van der Waals surface area contributed by atoms with Gasteiger partial charge in [0.15, 0.2) is 0 Å². The molecule has 6 N–H and O–H groups in total. The maximum absolute atomic E-state index is 13.7. The quantitative estimate of drug-likeness (QED) is 0.606. The lowest BCUT2D eigenvalue weighted by atomic mass is 9.86. The normalized spacial score (nSPS) is 17.6. The first-order chi connectivity index (χ1) is 9.93. The van der Waals surface area contributed by atoms with Gasteiger partial charge in [-0.05, 0) is 26.0 Å². The van der Waals surface area contributed by atoms with Crippen LogP contribution in [0.15, 0.2) is 12.1 Å². The number of likely N-dealkylation sites (N-methyl/N-ethyl adjacent to an activating group) is 1. The van der Waals surface area contributed by atoms with Crippen LogP contribution in [0, 0.1) is 5.82 Å². The van der Waals surface area contributed by atoms with E-state index < -0.39 is 11.4 Å². The van der Waals surface area contributed by atoms with Crippen LogP contribution in [0.1, 0.15) is 12.8 Å². The van der Waals surface area contributed by atoms with Gasteiger partial charge in [0.25, 0.3) is 0 Å². The van der Waals surface area contributed by atoms with Crippen molar-refractivity contribution in [1.29, 1.82) is 0 Å². The molecule has 1 aromatic rings. The van der Waals surface area contributed by atoms with Crippen molar-refractivity contribution in [2.75, 3.05) is 43.1 Å². The maximum Gasteiger partial charge on any atom is 0.237 e. The molecule has 0 aromatic heterocycles. The molecule has 0 atom stereocenters. The van der Waals surface area contributed by atoms with Gasteiger partial charge in [-0.3, -0.25) is 4.79 Å². The summed E-state index contributed by atoms with van der Waals surface area (Å²) in [5, 5.41) is 6.05.